The summed E-state index contributed by atoms with van der Waals surface area (Å²) < 4.78 is 46.5. The van der Waals surface area contributed by atoms with Gasteiger partial charge in [-0.1, -0.05) is 42.5 Å². The molecule has 2 saturated carbocycles. The van der Waals surface area contributed by atoms with Gasteiger partial charge in [-0.15, -0.1) is 11.3 Å². The molecule has 0 spiro atoms. The van der Waals surface area contributed by atoms with Crippen molar-refractivity contribution in [2.75, 3.05) is 0 Å². The number of hydrogen-bond acceptors (Lipinski definition) is 4. The largest absolute Gasteiger partial charge is 0.488 e. The topological polar surface area (TPSA) is 58.6 Å². The van der Waals surface area contributed by atoms with Crippen LogP contribution in [0.15, 0.2) is 60.7 Å². The van der Waals surface area contributed by atoms with Gasteiger partial charge in [-0.2, -0.15) is 13.2 Å². The van der Waals surface area contributed by atoms with Gasteiger partial charge in [0, 0.05) is 23.0 Å². The number of ether oxygens (including phenoxy) is 1. The molecule has 3 aromatic rings. The maximum Gasteiger partial charge on any atom is 0.426 e. The number of hydrogen-bond donors (Lipinski definition) is 2. The van der Waals surface area contributed by atoms with Crippen LogP contribution in [0.1, 0.15) is 34.6 Å². The number of thiophene rings is 1. The third-order valence-electron chi connectivity index (χ3n) is 7.17. The van der Waals surface area contributed by atoms with Gasteiger partial charge in [0.2, 0.25) is 0 Å². The molecule has 2 N–H and O–H groups in total. The highest BCUT2D eigenvalue weighted by Gasteiger charge is 2.50. The second-order valence-corrected chi connectivity index (χ2v) is 10.5. The van der Waals surface area contributed by atoms with Crippen molar-refractivity contribution in [1.82, 2.24) is 5.32 Å². The minimum atomic E-state index is -4.43. The van der Waals surface area contributed by atoms with E-state index in [1.807, 2.05) is 12.1 Å². The lowest BCUT2D eigenvalue weighted by Gasteiger charge is -2.29. The average Bonchev–Trinajstić information content (AvgIpc) is 3.57. The summed E-state index contributed by atoms with van der Waals surface area (Å²) in [5.41, 5.74) is 1.70. The first-order chi connectivity index (χ1) is 16.8. The van der Waals surface area contributed by atoms with Gasteiger partial charge in [0.25, 0.3) is 0 Å². The van der Waals surface area contributed by atoms with E-state index in [0.29, 0.717) is 40.0 Å². The molecular weight excluding hydrogens is 475 g/mol. The number of halogens is 3. The predicted molar refractivity (Wildman–Crippen MR) is 128 cm³/mol. The predicted octanol–water partition coefficient (Wildman–Crippen LogP) is 6.60. The van der Waals surface area contributed by atoms with E-state index >= 15 is 0 Å². The zero-order valence-electron chi connectivity index (χ0n) is 18.9. The van der Waals surface area contributed by atoms with Gasteiger partial charge in [-0.3, -0.25) is 4.79 Å². The van der Waals surface area contributed by atoms with Gasteiger partial charge in [0.1, 0.15) is 17.2 Å². The van der Waals surface area contributed by atoms with E-state index in [2.05, 4.69) is 5.32 Å². The van der Waals surface area contributed by atoms with Crippen LogP contribution < -0.4 is 10.1 Å². The highest BCUT2D eigenvalue weighted by atomic mass is 32.1. The normalized spacial score (nSPS) is 23.5. The molecule has 1 aromatic heterocycles. The number of aliphatic carboxylic acids is 1. The lowest BCUT2D eigenvalue weighted by atomic mass is 9.84. The minimum absolute atomic E-state index is 0.00245. The maximum absolute atomic E-state index is 13.6. The van der Waals surface area contributed by atoms with Crippen molar-refractivity contribution in [3.05, 3.63) is 76.0 Å². The lowest BCUT2D eigenvalue weighted by Crippen LogP contribution is -2.43. The van der Waals surface area contributed by atoms with Crippen LogP contribution in [0.2, 0.25) is 0 Å². The van der Waals surface area contributed by atoms with Gasteiger partial charge >= 0.3 is 12.1 Å². The second kappa shape index (κ2) is 9.66. The minimum Gasteiger partial charge on any atom is -0.488 e. The van der Waals surface area contributed by atoms with Crippen LogP contribution in [0.25, 0.3) is 11.1 Å². The number of benzene rings is 2. The average molecular weight is 502 g/mol. The van der Waals surface area contributed by atoms with E-state index in [9.17, 15) is 23.1 Å². The monoisotopic (exact) mass is 501 g/mol. The smallest absolute Gasteiger partial charge is 0.426 e. The summed E-state index contributed by atoms with van der Waals surface area (Å²) in [6.07, 6.45) is -1.34. The zero-order chi connectivity index (χ0) is 24.6. The SMILES string of the molecule is O=C(O)[C@H]1C2CCC(C2)[C@H]1NCc1ccc(OCc2cc(-c3ccccc3)c(C(F)(F)F)s2)cc1. The Morgan fingerprint density at radius 2 is 1.77 bits per heavy atom. The molecule has 2 fully saturated rings. The molecule has 0 saturated heterocycles. The molecule has 2 bridgehead atoms. The number of nitrogens with one attached hydrogen (secondary N) is 1. The van der Waals surface area contributed by atoms with Gasteiger partial charge in [-0.25, -0.2) is 0 Å². The molecular formula is C27H26F3NO3S. The standard InChI is InChI=1S/C27H26F3NO3S/c28-27(29,30)25-22(17-4-2-1-3-5-17)13-21(35-25)15-34-20-10-6-16(7-11-20)14-31-24-19-9-8-18(12-19)23(24)26(32)33/h1-7,10-11,13,18-19,23-24,31H,8-9,12,14-15H2,(H,32,33)/t18?,19?,23-,24+/m0/s1. The maximum atomic E-state index is 13.6. The molecule has 5 rings (SSSR count). The summed E-state index contributed by atoms with van der Waals surface area (Å²) in [5.74, 6) is 0.251. The number of alkyl halides is 3. The summed E-state index contributed by atoms with van der Waals surface area (Å²) in [6, 6.07) is 17.5. The van der Waals surface area contributed by atoms with Crippen LogP contribution in [0.5, 0.6) is 5.75 Å². The Labute approximate surface area is 205 Å². The van der Waals surface area contributed by atoms with Crippen LogP contribution >= 0.6 is 11.3 Å². The summed E-state index contributed by atoms with van der Waals surface area (Å²) in [4.78, 5) is 11.6. The molecule has 8 heteroatoms. The fourth-order valence-corrected chi connectivity index (χ4v) is 6.55. The Kier molecular flexibility index (Phi) is 6.59. The molecule has 2 aliphatic rings. The number of carbonyl (C=O) groups is 1. The van der Waals surface area contributed by atoms with Crippen molar-refractivity contribution in [2.24, 2.45) is 17.8 Å². The van der Waals surface area contributed by atoms with Crippen molar-refractivity contribution in [1.29, 1.82) is 0 Å². The van der Waals surface area contributed by atoms with Crippen molar-refractivity contribution >= 4 is 17.3 Å². The lowest BCUT2D eigenvalue weighted by molar-refractivity contribution is -0.144. The molecule has 1 heterocycles. The van der Waals surface area contributed by atoms with Crippen molar-refractivity contribution in [3.63, 3.8) is 0 Å². The molecule has 0 radical (unpaired) electrons. The van der Waals surface area contributed by atoms with Gasteiger partial charge in [0.15, 0.2) is 0 Å². The Bertz CT molecular complexity index is 1180. The molecule has 0 amide bonds. The Hall–Kier alpha value is -2.84. The van der Waals surface area contributed by atoms with Crippen LogP contribution in [0, 0.1) is 17.8 Å². The van der Waals surface area contributed by atoms with E-state index in [1.54, 1.807) is 48.5 Å². The highest BCUT2D eigenvalue weighted by molar-refractivity contribution is 7.12. The number of carboxylic acids is 1. The molecule has 2 aliphatic carbocycles. The first-order valence-electron chi connectivity index (χ1n) is 11.7. The summed E-state index contributed by atoms with van der Waals surface area (Å²) in [7, 11) is 0. The molecule has 4 atom stereocenters. The van der Waals surface area contributed by atoms with Crippen molar-refractivity contribution in [3.8, 4) is 16.9 Å². The van der Waals surface area contributed by atoms with E-state index < -0.39 is 17.0 Å². The molecule has 2 aromatic carbocycles. The molecule has 0 aliphatic heterocycles. The van der Waals surface area contributed by atoms with Crippen molar-refractivity contribution < 1.29 is 27.8 Å². The fraction of sp³-hybridized carbons (Fsp3) is 0.370. The van der Waals surface area contributed by atoms with E-state index in [0.717, 1.165) is 24.8 Å². The summed E-state index contributed by atoms with van der Waals surface area (Å²) >= 11 is 0.706. The van der Waals surface area contributed by atoms with Gasteiger partial charge in [-0.05, 0) is 60.4 Å². The third-order valence-corrected chi connectivity index (χ3v) is 8.33. The Morgan fingerprint density at radius 1 is 1.06 bits per heavy atom. The number of fused-ring (bicyclic) bond motifs is 2. The number of rotatable bonds is 8. The van der Waals surface area contributed by atoms with Gasteiger partial charge < -0.3 is 15.2 Å². The first-order valence-corrected chi connectivity index (χ1v) is 12.5. The van der Waals surface area contributed by atoms with Gasteiger partial charge in [0.05, 0.1) is 5.92 Å². The number of carboxylic acid groups (broad SMARTS) is 1. The molecule has 4 nitrogen and oxygen atoms in total. The van der Waals surface area contributed by atoms with Crippen LogP contribution in [0.4, 0.5) is 13.2 Å². The van der Waals surface area contributed by atoms with Crippen molar-refractivity contribution in [2.45, 2.75) is 44.6 Å². The third kappa shape index (κ3) is 5.09. The second-order valence-electron chi connectivity index (χ2n) is 9.36. The zero-order valence-corrected chi connectivity index (χ0v) is 19.7. The van der Waals surface area contributed by atoms with E-state index in [4.69, 9.17) is 4.74 Å². The van der Waals surface area contributed by atoms with E-state index in [-0.39, 0.29) is 30.0 Å². The van der Waals surface area contributed by atoms with Crippen LogP contribution in [-0.2, 0) is 24.1 Å². The summed E-state index contributed by atoms with van der Waals surface area (Å²) in [5, 5.41) is 13.1. The fourth-order valence-electron chi connectivity index (χ4n) is 5.59. The van der Waals surface area contributed by atoms with Crippen LogP contribution in [-0.4, -0.2) is 17.1 Å². The Morgan fingerprint density at radius 3 is 2.46 bits per heavy atom. The molecule has 184 valence electrons. The summed E-state index contributed by atoms with van der Waals surface area (Å²) in [6.45, 7) is 0.613. The van der Waals surface area contributed by atoms with Crippen LogP contribution in [0.3, 0.4) is 0 Å². The molecule has 2 unspecified atom stereocenters. The first kappa shape index (κ1) is 23.9. The molecule has 35 heavy (non-hydrogen) atoms. The van der Waals surface area contributed by atoms with E-state index in [1.165, 1.54) is 0 Å². The highest BCUT2D eigenvalue weighted by Crippen LogP contribution is 2.48. The Balaban J connectivity index is 1.21. The quantitative estimate of drug-likeness (QED) is 0.365.